The molecule has 0 atom stereocenters. The zero-order valence-electron chi connectivity index (χ0n) is 9.82. The highest BCUT2D eigenvalue weighted by molar-refractivity contribution is 6.35. The van der Waals surface area contributed by atoms with Crippen molar-refractivity contribution >= 4 is 22.5 Å². The van der Waals surface area contributed by atoms with Gasteiger partial charge in [-0.1, -0.05) is 29.8 Å². The fraction of sp³-hybridized carbons (Fsp3) is 0.429. The maximum Gasteiger partial charge on any atom is 0.0661 e. The van der Waals surface area contributed by atoms with Crippen LogP contribution in [0.15, 0.2) is 30.5 Å². The van der Waals surface area contributed by atoms with Gasteiger partial charge in [-0.25, -0.2) is 0 Å². The first-order valence-corrected chi connectivity index (χ1v) is 6.69. The van der Waals surface area contributed by atoms with Gasteiger partial charge in [0.15, 0.2) is 0 Å². The summed E-state index contributed by atoms with van der Waals surface area (Å²) in [4.78, 5) is 0. The molecule has 0 bridgehead atoms. The molecule has 2 nitrogen and oxygen atoms in total. The third-order valence-corrected chi connectivity index (χ3v) is 3.63. The van der Waals surface area contributed by atoms with E-state index in [9.17, 15) is 0 Å². The first-order valence-electron chi connectivity index (χ1n) is 6.31. The van der Waals surface area contributed by atoms with Gasteiger partial charge >= 0.3 is 0 Å². The second kappa shape index (κ2) is 4.71. The lowest BCUT2D eigenvalue weighted by Crippen LogP contribution is -2.18. The smallest absolute Gasteiger partial charge is 0.0661 e. The minimum absolute atomic E-state index is 0.806. The summed E-state index contributed by atoms with van der Waals surface area (Å²) in [5.74, 6) is 0. The Hall–Kier alpha value is -0.990. The first-order chi connectivity index (χ1) is 8.34. The minimum atomic E-state index is 0.806. The van der Waals surface area contributed by atoms with Crippen LogP contribution in [-0.2, 0) is 6.54 Å². The molecule has 1 fully saturated rings. The van der Waals surface area contributed by atoms with E-state index >= 15 is 0 Å². The fourth-order valence-electron chi connectivity index (χ4n) is 2.23. The molecule has 3 heteroatoms. The van der Waals surface area contributed by atoms with Gasteiger partial charge in [-0.15, -0.1) is 0 Å². The SMILES string of the molecule is Clc1cn(CCCNC2CC2)c2ccccc12. The fourth-order valence-corrected chi connectivity index (χ4v) is 2.51. The Morgan fingerprint density at radius 3 is 2.94 bits per heavy atom. The van der Waals surface area contributed by atoms with Crippen LogP contribution in [0.25, 0.3) is 10.9 Å². The third kappa shape index (κ3) is 2.48. The van der Waals surface area contributed by atoms with Crippen LogP contribution >= 0.6 is 11.6 Å². The third-order valence-electron chi connectivity index (χ3n) is 3.33. The molecule has 0 radical (unpaired) electrons. The van der Waals surface area contributed by atoms with Crippen molar-refractivity contribution in [3.63, 3.8) is 0 Å². The van der Waals surface area contributed by atoms with Gasteiger partial charge in [0.25, 0.3) is 0 Å². The van der Waals surface area contributed by atoms with Crippen molar-refractivity contribution in [2.75, 3.05) is 6.54 Å². The highest BCUT2D eigenvalue weighted by atomic mass is 35.5. The summed E-state index contributed by atoms with van der Waals surface area (Å²) >= 11 is 6.21. The molecule has 3 rings (SSSR count). The van der Waals surface area contributed by atoms with Gasteiger partial charge in [0, 0.05) is 29.7 Å². The summed E-state index contributed by atoms with van der Waals surface area (Å²) < 4.78 is 2.26. The summed E-state index contributed by atoms with van der Waals surface area (Å²) in [6.07, 6.45) is 5.92. The second-order valence-corrected chi connectivity index (χ2v) is 5.18. The van der Waals surface area contributed by atoms with Crippen molar-refractivity contribution < 1.29 is 0 Å². The van der Waals surface area contributed by atoms with Crippen LogP contribution in [0.4, 0.5) is 0 Å². The Morgan fingerprint density at radius 1 is 1.29 bits per heavy atom. The van der Waals surface area contributed by atoms with Crippen LogP contribution in [0.2, 0.25) is 5.02 Å². The molecule has 1 aromatic heterocycles. The molecule has 1 heterocycles. The monoisotopic (exact) mass is 248 g/mol. The first kappa shape index (κ1) is 11.1. The number of fused-ring (bicyclic) bond motifs is 1. The van der Waals surface area contributed by atoms with Crippen LogP contribution < -0.4 is 5.32 Å². The Morgan fingerprint density at radius 2 is 2.12 bits per heavy atom. The zero-order valence-corrected chi connectivity index (χ0v) is 10.6. The number of hydrogen-bond acceptors (Lipinski definition) is 1. The van der Waals surface area contributed by atoms with E-state index in [1.54, 1.807) is 0 Å². The average Bonchev–Trinajstić information content (AvgIpc) is 3.12. The van der Waals surface area contributed by atoms with Gasteiger partial charge < -0.3 is 9.88 Å². The molecule has 1 aliphatic rings. The van der Waals surface area contributed by atoms with Crippen LogP contribution in [0, 0.1) is 0 Å². The molecule has 0 aliphatic heterocycles. The highest BCUT2D eigenvalue weighted by Crippen LogP contribution is 2.25. The molecule has 1 N–H and O–H groups in total. The van der Waals surface area contributed by atoms with Crippen LogP contribution in [0.3, 0.4) is 0 Å². The topological polar surface area (TPSA) is 17.0 Å². The molecule has 2 aromatic rings. The molecule has 1 aromatic carbocycles. The Labute approximate surface area is 107 Å². The number of rotatable bonds is 5. The molecule has 0 unspecified atom stereocenters. The normalized spacial score (nSPS) is 15.6. The lowest BCUT2D eigenvalue weighted by Gasteiger charge is -2.05. The van der Waals surface area contributed by atoms with E-state index in [0.29, 0.717) is 0 Å². The summed E-state index contributed by atoms with van der Waals surface area (Å²) in [5.41, 5.74) is 1.24. The predicted molar refractivity (Wildman–Crippen MR) is 72.6 cm³/mol. The lowest BCUT2D eigenvalue weighted by molar-refractivity contribution is 0.588. The number of hydrogen-bond donors (Lipinski definition) is 1. The largest absolute Gasteiger partial charge is 0.346 e. The number of nitrogens with zero attached hydrogens (tertiary/aromatic N) is 1. The quantitative estimate of drug-likeness (QED) is 0.803. The molecular formula is C14H17ClN2. The molecule has 17 heavy (non-hydrogen) atoms. The minimum Gasteiger partial charge on any atom is -0.346 e. The number of para-hydroxylation sites is 1. The molecule has 0 spiro atoms. The molecule has 0 amide bonds. The van der Waals surface area contributed by atoms with E-state index < -0.39 is 0 Å². The van der Waals surface area contributed by atoms with Gasteiger partial charge in [0.2, 0.25) is 0 Å². The lowest BCUT2D eigenvalue weighted by atomic mass is 10.2. The number of nitrogens with one attached hydrogen (secondary N) is 1. The second-order valence-electron chi connectivity index (χ2n) is 4.77. The van der Waals surface area contributed by atoms with Gasteiger partial charge in [0.05, 0.1) is 5.02 Å². The average molecular weight is 249 g/mol. The Kier molecular flexibility index (Phi) is 3.08. The summed E-state index contributed by atoms with van der Waals surface area (Å²) in [7, 11) is 0. The van der Waals surface area contributed by atoms with Crippen LogP contribution in [0.1, 0.15) is 19.3 Å². The van der Waals surface area contributed by atoms with Gasteiger partial charge in [-0.2, -0.15) is 0 Å². The predicted octanol–water partition coefficient (Wildman–Crippen LogP) is 3.44. The van der Waals surface area contributed by atoms with Crippen LogP contribution in [0.5, 0.6) is 0 Å². The zero-order chi connectivity index (χ0) is 11.7. The van der Waals surface area contributed by atoms with Crippen molar-refractivity contribution in [3.05, 3.63) is 35.5 Å². The van der Waals surface area contributed by atoms with Crippen LogP contribution in [-0.4, -0.2) is 17.2 Å². The van der Waals surface area contributed by atoms with Crippen molar-refractivity contribution in [1.82, 2.24) is 9.88 Å². The van der Waals surface area contributed by atoms with Crippen molar-refractivity contribution in [2.24, 2.45) is 0 Å². The van der Waals surface area contributed by atoms with E-state index in [1.165, 1.54) is 18.4 Å². The van der Waals surface area contributed by atoms with E-state index in [1.807, 2.05) is 12.3 Å². The van der Waals surface area contributed by atoms with E-state index in [2.05, 4.69) is 28.1 Å². The number of halogens is 1. The standard InChI is InChI=1S/C14H17ClN2/c15-13-10-17(9-3-8-16-11-6-7-11)14-5-2-1-4-12(13)14/h1-2,4-5,10-11,16H,3,6-9H2. The van der Waals surface area contributed by atoms with E-state index in [4.69, 9.17) is 11.6 Å². The molecule has 1 saturated carbocycles. The Bertz CT molecular complexity index is 514. The molecular weight excluding hydrogens is 232 g/mol. The van der Waals surface area contributed by atoms with Gasteiger partial charge in [-0.3, -0.25) is 0 Å². The summed E-state index contributed by atoms with van der Waals surface area (Å²) in [6.45, 7) is 2.14. The maximum absolute atomic E-state index is 6.21. The van der Waals surface area contributed by atoms with Crippen molar-refractivity contribution in [3.8, 4) is 0 Å². The van der Waals surface area contributed by atoms with Gasteiger partial charge in [0.1, 0.15) is 0 Å². The highest BCUT2D eigenvalue weighted by Gasteiger charge is 2.19. The number of aryl methyl sites for hydroxylation is 1. The van der Waals surface area contributed by atoms with E-state index in [0.717, 1.165) is 36.0 Å². The molecule has 90 valence electrons. The summed E-state index contributed by atoms with van der Waals surface area (Å²) in [6, 6.07) is 9.12. The summed E-state index contributed by atoms with van der Waals surface area (Å²) in [5, 5.41) is 5.55. The van der Waals surface area contributed by atoms with E-state index in [-0.39, 0.29) is 0 Å². The van der Waals surface area contributed by atoms with Crippen molar-refractivity contribution in [1.29, 1.82) is 0 Å². The van der Waals surface area contributed by atoms with Gasteiger partial charge in [-0.05, 0) is 31.9 Å². The van der Waals surface area contributed by atoms with Crippen molar-refractivity contribution in [2.45, 2.75) is 31.8 Å². The number of benzene rings is 1. The Balaban J connectivity index is 1.67. The molecule has 0 saturated heterocycles. The molecule has 1 aliphatic carbocycles. The number of aromatic nitrogens is 1. The maximum atomic E-state index is 6.21.